The molecule has 0 atom stereocenters. The fourth-order valence-electron chi connectivity index (χ4n) is 2.54. The Bertz CT molecular complexity index is 1210. The Balaban J connectivity index is 1.50. The van der Waals surface area contributed by atoms with Gasteiger partial charge < -0.3 is 10.1 Å². The van der Waals surface area contributed by atoms with Crippen LogP contribution in [0.5, 0.6) is 0 Å². The van der Waals surface area contributed by atoms with Crippen LogP contribution in [-0.4, -0.2) is 21.3 Å². The van der Waals surface area contributed by atoms with E-state index >= 15 is 0 Å². The average molecular weight is 411 g/mol. The summed E-state index contributed by atoms with van der Waals surface area (Å²) in [5, 5.41) is 6.28. The topological polar surface area (TPSA) is 89.8 Å². The molecule has 0 saturated carbocycles. The Morgan fingerprint density at radius 2 is 1.96 bits per heavy atom. The Kier molecular flexibility index (Phi) is 5.00. The van der Waals surface area contributed by atoms with Gasteiger partial charge >= 0.3 is 5.97 Å². The molecule has 0 aliphatic heterocycles. The van der Waals surface area contributed by atoms with Gasteiger partial charge in [0.25, 0.3) is 11.5 Å². The van der Waals surface area contributed by atoms with Gasteiger partial charge in [-0.25, -0.2) is 9.78 Å². The SMILES string of the molecule is O=C(Nc1ccccc1C(=O)OCc1cc(=O)n2ccsc2n1)c1cccs1. The molecule has 4 rings (SSSR count). The first-order chi connectivity index (χ1) is 13.6. The van der Waals surface area contributed by atoms with Crippen LogP contribution in [-0.2, 0) is 11.3 Å². The lowest BCUT2D eigenvalue weighted by molar-refractivity contribution is 0.0469. The van der Waals surface area contributed by atoms with Crippen LogP contribution in [0.4, 0.5) is 5.69 Å². The minimum atomic E-state index is -0.616. The highest BCUT2D eigenvalue weighted by atomic mass is 32.1. The number of hydrogen-bond acceptors (Lipinski definition) is 7. The molecular weight excluding hydrogens is 398 g/mol. The number of nitrogens with zero attached hydrogens (tertiary/aromatic N) is 2. The van der Waals surface area contributed by atoms with Crippen molar-refractivity contribution in [3.05, 3.63) is 85.9 Å². The third-order valence-corrected chi connectivity index (χ3v) is 5.47. The van der Waals surface area contributed by atoms with Crippen molar-refractivity contribution in [3.63, 3.8) is 0 Å². The molecular formula is C19H13N3O4S2. The molecule has 1 aromatic carbocycles. The van der Waals surface area contributed by atoms with E-state index in [1.54, 1.807) is 53.4 Å². The highest BCUT2D eigenvalue weighted by Gasteiger charge is 2.16. The Morgan fingerprint density at radius 3 is 2.79 bits per heavy atom. The van der Waals surface area contributed by atoms with Gasteiger partial charge in [0.05, 0.1) is 21.8 Å². The predicted octanol–water partition coefficient (Wildman–Crippen LogP) is 3.43. The summed E-state index contributed by atoms with van der Waals surface area (Å²) >= 11 is 2.63. The number of esters is 1. The van der Waals surface area contributed by atoms with Crippen LogP contribution in [0.25, 0.3) is 4.96 Å². The molecule has 0 saturated heterocycles. The van der Waals surface area contributed by atoms with Crippen molar-refractivity contribution in [1.82, 2.24) is 9.38 Å². The summed E-state index contributed by atoms with van der Waals surface area (Å²) in [5.74, 6) is -0.914. The zero-order valence-corrected chi connectivity index (χ0v) is 16.0. The number of fused-ring (bicyclic) bond motifs is 1. The molecule has 7 nitrogen and oxygen atoms in total. The molecule has 28 heavy (non-hydrogen) atoms. The normalized spacial score (nSPS) is 10.7. The lowest BCUT2D eigenvalue weighted by Crippen LogP contribution is -2.16. The molecule has 140 valence electrons. The van der Waals surface area contributed by atoms with E-state index in [1.807, 2.05) is 0 Å². The van der Waals surface area contributed by atoms with Crippen molar-refractivity contribution >= 4 is 45.2 Å². The number of carbonyl (C=O) groups excluding carboxylic acids is 2. The van der Waals surface area contributed by atoms with Crippen LogP contribution in [0.2, 0.25) is 0 Å². The summed E-state index contributed by atoms with van der Waals surface area (Å²) in [6.07, 6.45) is 1.64. The zero-order valence-electron chi connectivity index (χ0n) is 14.3. The second-order valence-electron chi connectivity index (χ2n) is 5.69. The Labute approximate surface area is 166 Å². The van der Waals surface area contributed by atoms with E-state index < -0.39 is 5.97 Å². The number of anilines is 1. The summed E-state index contributed by atoms with van der Waals surface area (Å²) in [7, 11) is 0. The smallest absolute Gasteiger partial charge is 0.340 e. The van der Waals surface area contributed by atoms with E-state index in [0.29, 0.717) is 21.2 Å². The number of ether oxygens (including phenoxy) is 1. The van der Waals surface area contributed by atoms with Gasteiger partial charge in [0.2, 0.25) is 0 Å². The van der Waals surface area contributed by atoms with Crippen molar-refractivity contribution in [2.45, 2.75) is 6.61 Å². The fourth-order valence-corrected chi connectivity index (χ4v) is 3.90. The van der Waals surface area contributed by atoms with Gasteiger partial charge in [0, 0.05) is 17.6 Å². The van der Waals surface area contributed by atoms with Crippen LogP contribution in [0.15, 0.2) is 64.2 Å². The molecule has 9 heteroatoms. The molecule has 0 aliphatic carbocycles. The number of thiazole rings is 1. The fraction of sp³-hybridized carbons (Fsp3) is 0.0526. The van der Waals surface area contributed by atoms with E-state index in [4.69, 9.17) is 4.74 Å². The van der Waals surface area contributed by atoms with Crippen molar-refractivity contribution in [2.24, 2.45) is 0 Å². The van der Waals surface area contributed by atoms with Crippen LogP contribution >= 0.6 is 22.7 Å². The molecule has 0 unspecified atom stereocenters. The quantitative estimate of drug-likeness (QED) is 0.508. The van der Waals surface area contributed by atoms with E-state index in [0.717, 1.165) is 0 Å². The van der Waals surface area contributed by atoms with Crippen LogP contribution in [0.1, 0.15) is 25.7 Å². The minimum absolute atomic E-state index is 0.143. The molecule has 0 radical (unpaired) electrons. The number of nitrogens with one attached hydrogen (secondary N) is 1. The van der Waals surface area contributed by atoms with Crippen molar-refractivity contribution in [2.75, 3.05) is 5.32 Å². The zero-order chi connectivity index (χ0) is 19.5. The van der Waals surface area contributed by atoms with Gasteiger partial charge in [-0.15, -0.1) is 22.7 Å². The molecule has 1 N–H and O–H groups in total. The Morgan fingerprint density at radius 1 is 1.11 bits per heavy atom. The van der Waals surface area contributed by atoms with Crippen LogP contribution < -0.4 is 10.9 Å². The third kappa shape index (κ3) is 3.71. The number of amides is 1. The summed E-state index contributed by atoms with van der Waals surface area (Å²) in [6, 6.07) is 11.4. The van der Waals surface area contributed by atoms with Gasteiger partial charge in [-0.1, -0.05) is 18.2 Å². The number of hydrogen-bond donors (Lipinski definition) is 1. The molecule has 3 heterocycles. The van der Waals surface area contributed by atoms with E-state index in [9.17, 15) is 14.4 Å². The summed E-state index contributed by atoms with van der Waals surface area (Å²) in [4.78, 5) is 42.2. The second kappa shape index (κ2) is 7.75. The number of rotatable bonds is 5. The standard InChI is InChI=1S/C19H13N3O4S2/c23-16-10-12(20-19-22(16)7-9-28-19)11-26-18(25)13-4-1-2-5-14(13)21-17(24)15-6-3-8-27-15/h1-10H,11H2,(H,21,24). The number of benzene rings is 1. The summed E-state index contributed by atoms with van der Waals surface area (Å²) in [5.41, 5.74) is 0.704. The maximum absolute atomic E-state index is 12.5. The lowest BCUT2D eigenvalue weighted by atomic mass is 10.1. The monoisotopic (exact) mass is 411 g/mol. The van der Waals surface area contributed by atoms with Crippen molar-refractivity contribution in [1.29, 1.82) is 0 Å². The highest BCUT2D eigenvalue weighted by molar-refractivity contribution is 7.15. The third-order valence-electron chi connectivity index (χ3n) is 3.85. The summed E-state index contributed by atoms with van der Waals surface area (Å²) in [6.45, 7) is -0.143. The Hall–Kier alpha value is -3.30. The molecule has 4 aromatic rings. The first-order valence-electron chi connectivity index (χ1n) is 8.18. The first-order valence-corrected chi connectivity index (χ1v) is 9.94. The lowest BCUT2D eigenvalue weighted by Gasteiger charge is -2.10. The number of aromatic nitrogens is 2. The van der Waals surface area contributed by atoms with Crippen LogP contribution in [0.3, 0.4) is 0 Å². The average Bonchev–Trinajstić information content (AvgIpc) is 3.38. The first kappa shape index (κ1) is 18.1. The van der Waals surface area contributed by atoms with Crippen molar-refractivity contribution < 1.29 is 14.3 Å². The van der Waals surface area contributed by atoms with Gasteiger partial charge in [-0.3, -0.25) is 14.0 Å². The summed E-state index contributed by atoms with van der Waals surface area (Å²) < 4.78 is 6.74. The molecule has 3 aromatic heterocycles. The number of thiophene rings is 1. The molecule has 0 aliphatic rings. The molecule has 0 spiro atoms. The number of para-hydroxylation sites is 1. The van der Waals surface area contributed by atoms with E-state index in [2.05, 4.69) is 10.3 Å². The van der Waals surface area contributed by atoms with Gasteiger partial charge in [0.15, 0.2) is 4.96 Å². The highest BCUT2D eigenvalue weighted by Crippen LogP contribution is 2.19. The minimum Gasteiger partial charge on any atom is -0.456 e. The van der Waals surface area contributed by atoms with Gasteiger partial charge in [0.1, 0.15) is 6.61 Å². The van der Waals surface area contributed by atoms with Crippen LogP contribution in [0, 0.1) is 0 Å². The maximum atomic E-state index is 12.5. The molecule has 0 bridgehead atoms. The van der Waals surface area contributed by atoms with E-state index in [1.165, 1.54) is 33.1 Å². The van der Waals surface area contributed by atoms with E-state index in [-0.39, 0.29) is 23.6 Å². The number of carbonyl (C=O) groups is 2. The van der Waals surface area contributed by atoms with Gasteiger partial charge in [-0.2, -0.15) is 0 Å². The maximum Gasteiger partial charge on any atom is 0.340 e. The predicted molar refractivity (Wildman–Crippen MR) is 107 cm³/mol. The second-order valence-corrected chi connectivity index (χ2v) is 7.52. The van der Waals surface area contributed by atoms with Gasteiger partial charge in [-0.05, 0) is 23.6 Å². The largest absolute Gasteiger partial charge is 0.456 e. The molecule has 0 fully saturated rings. The van der Waals surface area contributed by atoms with Crippen molar-refractivity contribution in [3.8, 4) is 0 Å². The molecule has 1 amide bonds.